The first kappa shape index (κ1) is 13.6. The van der Waals surface area contributed by atoms with Crippen LogP contribution in [0.1, 0.15) is 18.9 Å². The Kier molecular flexibility index (Phi) is 3.87. The van der Waals surface area contributed by atoms with Gasteiger partial charge in [0.2, 0.25) is 0 Å². The van der Waals surface area contributed by atoms with Gasteiger partial charge in [0.05, 0.1) is 6.07 Å². The Bertz CT molecular complexity index is 495. The maximum atomic E-state index is 11.3. The molecule has 1 aliphatic rings. The number of rotatable bonds is 2. The molecule has 0 saturated carbocycles. The lowest BCUT2D eigenvalue weighted by Crippen LogP contribution is -2.53. The molecule has 4 nitrogen and oxygen atoms in total. The van der Waals surface area contributed by atoms with E-state index >= 15 is 0 Å². The van der Waals surface area contributed by atoms with Crippen molar-refractivity contribution in [1.82, 2.24) is 4.90 Å². The second-order valence-corrected chi connectivity index (χ2v) is 5.06. The summed E-state index contributed by atoms with van der Waals surface area (Å²) in [6, 6.07) is 12.0. The van der Waals surface area contributed by atoms with E-state index < -0.39 is 11.5 Å². The van der Waals surface area contributed by atoms with Crippen LogP contribution in [0.4, 0.5) is 0 Å². The first-order chi connectivity index (χ1) is 9.08. The average molecular weight is 258 g/mol. The Morgan fingerprint density at radius 2 is 2.16 bits per heavy atom. The van der Waals surface area contributed by atoms with Crippen molar-refractivity contribution in [1.29, 1.82) is 5.26 Å². The molecule has 0 aromatic heterocycles. The zero-order valence-corrected chi connectivity index (χ0v) is 11.3. The highest BCUT2D eigenvalue weighted by atomic mass is 16.5. The molecule has 0 bridgehead atoms. The molecule has 1 heterocycles. The summed E-state index contributed by atoms with van der Waals surface area (Å²) in [7, 11) is 1.97. The molecule has 0 radical (unpaired) electrons. The molecule has 1 fully saturated rings. The molecule has 1 aromatic carbocycles. The van der Waals surface area contributed by atoms with Gasteiger partial charge in [-0.15, -0.1) is 0 Å². The zero-order chi connectivity index (χ0) is 13.9. The smallest absolute Gasteiger partial charge is 0.303 e. The number of carbonyl (C=O) groups excluding carboxylic acids is 1. The third-order valence-electron chi connectivity index (χ3n) is 3.71. The van der Waals surface area contributed by atoms with Gasteiger partial charge in [-0.2, -0.15) is 5.26 Å². The summed E-state index contributed by atoms with van der Waals surface area (Å²) in [6.07, 6.45) is 0.248. The molecule has 0 amide bonds. The number of ether oxygens (including phenoxy) is 1. The summed E-state index contributed by atoms with van der Waals surface area (Å²) in [5.41, 5.74) is 0.191. The summed E-state index contributed by atoms with van der Waals surface area (Å²) in [5, 5.41) is 9.70. The fraction of sp³-hybridized carbons (Fsp3) is 0.467. The van der Waals surface area contributed by atoms with Gasteiger partial charge < -0.3 is 9.64 Å². The first-order valence-electron chi connectivity index (χ1n) is 6.41. The number of hydrogen-bond donors (Lipinski definition) is 0. The van der Waals surface area contributed by atoms with Crippen LogP contribution in [-0.4, -0.2) is 37.1 Å². The summed E-state index contributed by atoms with van der Waals surface area (Å²) in [4.78, 5) is 13.4. The van der Waals surface area contributed by atoms with Gasteiger partial charge in [-0.25, -0.2) is 0 Å². The molecule has 1 aromatic rings. The number of nitriles is 1. The molecule has 4 heteroatoms. The predicted molar refractivity (Wildman–Crippen MR) is 71.4 cm³/mol. The number of carbonyl (C=O) groups is 1. The number of piperidine rings is 1. The second-order valence-electron chi connectivity index (χ2n) is 5.06. The Morgan fingerprint density at radius 1 is 1.47 bits per heavy atom. The van der Waals surface area contributed by atoms with Gasteiger partial charge in [0.1, 0.15) is 11.5 Å². The maximum absolute atomic E-state index is 11.3. The highest BCUT2D eigenvalue weighted by Crippen LogP contribution is 2.36. The van der Waals surface area contributed by atoms with Crippen LogP contribution in [0, 0.1) is 11.3 Å². The second kappa shape index (κ2) is 5.41. The normalized spacial score (nSPS) is 27.5. The van der Waals surface area contributed by atoms with Crippen LogP contribution in [0.3, 0.4) is 0 Å². The molecular weight excluding hydrogens is 240 g/mol. The van der Waals surface area contributed by atoms with E-state index in [1.54, 1.807) is 0 Å². The van der Waals surface area contributed by atoms with E-state index in [0.29, 0.717) is 13.0 Å². The Balaban J connectivity index is 2.40. The number of benzene rings is 1. The van der Waals surface area contributed by atoms with Crippen LogP contribution in [0.2, 0.25) is 0 Å². The molecule has 2 unspecified atom stereocenters. The van der Waals surface area contributed by atoms with Crippen molar-refractivity contribution in [2.75, 3.05) is 20.1 Å². The molecule has 0 N–H and O–H groups in total. The number of likely N-dealkylation sites (tertiary alicyclic amines) is 1. The lowest BCUT2D eigenvalue weighted by molar-refractivity contribution is -0.152. The first-order valence-corrected chi connectivity index (χ1v) is 6.41. The van der Waals surface area contributed by atoms with Gasteiger partial charge in [-0.05, 0) is 25.6 Å². The number of hydrogen-bond acceptors (Lipinski definition) is 4. The standard InChI is InChI=1S/C15H18N2O2/c1-12(18)19-14-10-17(2)9-8-15(14,11-16)13-6-4-3-5-7-13/h3-7,14H,8-10H2,1-2H3. The minimum Gasteiger partial charge on any atom is -0.459 e. The molecule has 2 rings (SSSR count). The van der Waals surface area contributed by atoms with Gasteiger partial charge in [0.15, 0.2) is 0 Å². The van der Waals surface area contributed by atoms with E-state index in [0.717, 1.165) is 12.1 Å². The molecule has 19 heavy (non-hydrogen) atoms. The van der Waals surface area contributed by atoms with Crippen LogP contribution in [0.5, 0.6) is 0 Å². The largest absolute Gasteiger partial charge is 0.459 e. The third-order valence-corrected chi connectivity index (χ3v) is 3.71. The van der Waals surface area contributed by atoms with Crippen molar-refractivity contribution in [2.45, 2.75) is 24.9 Å². The molecule has 0 spiro atoms. The SMILES string of the molecule is CC(=O)OC1CN(C)CCC1(C#N)c1ccccc1. The van der Waals surface area contributed by atoms with Crippen LogP contribution < -0.4 is 0 Å². The van der Waals surface area contributed by atoms with Crippen molar-refractivity contribution in [3.05, 3.63) is 35.9 Å². The van der Waals surface area contributed by atoms with Crippen LogP contribution in [0.15, 0.2) is 30.3 Å². The van der Waals surface area contributed by atoms with E-state index in [1.807, 2.05) is 37.4 Å². The quantitative estimate of drug-likeness (QED) is 0.758. The van der Waals surface area contributed by atoms with Crippen molar-refractivity contribution in [2.24, 2.45) is 0 Å². The highest BCUT2D eigenvalue weighted by molar-refractivity contribution is 5.66. The molecule has 1 aliphatic heterocycles. The molecular formula is C15H18N2O2. The van der Waals surface area contributed by atoms with E-state index in [2.05, 4.69) is 11.0 Å². The Labute approximate surface area is 113 Å². The van der Waals surface area contributed by atoms with Crippen molar-refractivity contribution < 1.29 is 9.53 Å². The maximum Gasteiger partial charge on any atom is 0.303 e. The van der Waals surface area contributed by atoms with Crippen LogP contribution in [0.25, 0.3) is 0 Å². The summed E-state index contributed by atoms with van der Waals surface area (Å²) in [6.45, 7) is 2.80. The Hall–Kier alpha value is -1.86. The van der Waals surface area contributed by atoms with E-state index in [-0.39, 0.29) is 5.97 Å². The summed E-state index contributed by atoms with van der Waals surface area (Å²) < 4.78 is 5.42. The topological polar surface area (TPSA) is 53.3 Å². The van der Waals surface area contributed by atoms with Gasteiger partial charge in [0, 0.05) is 13.5 Å². The van der Waals surface area contributed by atoms with Crippen LogP contribution >= 0.6 is 0 Å². The molecule has 1 saturated heterocycles. The van der Waals surface area contributed by atoms with Gasteiger partial charge >= 0.3 is 5.97 Å². The Morgan fingerprint density at radius 3 is 2.74 bits per heavy atom. The third kappa shape index (κ3) is 2.61. The zero-order valence-electron chi connectivity index (χ0n) is 11.3. The summed E-state index contributed by atoms with van der Waals surface area (Å²) >= 11 is 0. The molecule has 100 valence electrons. The number of likely N-dealkylation sites (N-methyl/N-ethyl adjacent to an activating group) is 1. The van der Waals surface area contributed by atoms with Crippen molar-refractivity contribution in [3.63, 3.8) is 0 Å². The van der Waals surface area contributed by atoms with E-state index in [1.165, 1.54) is 6.92 Å². The van der Waals surface area contributed by atoms with Crippen LogP contribution in [-0.2, 0) is 14.9 Å². The monoisotopic (exact) mass is 258 g/mol. The lowest BCUT2D eigenvalue weighted by atomic mass is 9.72. The average Bonchev–Trinajstić information content (AvgIpc) is 2.40. The van der Waals surface area contributed by atoms with Gasteiger partial charge in [-0.3, -0.25) is 4.79 Å². The summed E-state index contributed by atoms with van der Waals surface area (Å²) in [5.74, 6) is -0.337. The molecule has 2 atom stereocenters. The van der Waals surface area contributed by atoms with Gasteiger partial charge in [-0.1, -0.05) is 30.3 Å². The number of esters is 1. The van der Waals surface area contributed by atoms with E-state index in [4.69, 9.17) is 4.74 Å². The fourth-order valence-electron chi connectivity index (χ4n) is 2.65. The van der Waals surface area contributed by atoms with Crippen molar-refractivity contribution in [3.8, 4) is 6.07 Å². The fourth-order valence-corrected chi connectivity index (χ4v) is 2.65. The highest BCUT2D eigenvalue weighted by Gasteiger charge is 2.46. The van der Waals surface area contributed by atoms with Crippen molar-refractivity contribution >= 4 is 5.97 Å². The molecule has 0 aliphatic carbocycles. The lowest BCUT2D eigenvalue weighted by Gasteiger charge is -2.42. The van der Waals surface area contributed by atoms with Gasteiger partial charge in [0.25, 0.3) is 0 Å². The minimum atomic E-state index is -0.737. The van der Waals surface area contributed by atoms with E-state index in [9.17, 15) is 10.1 Å². The predicted octanol–water partition coefficient (Wildman–Crippen LogP) is 1.72. The number of nitrogens with zero attached hydrogens (tertiary/aromatic N) is 2. The minimum absolute atomic E-state index is 0.337.